The molecule has 3 heteroatoms. The zero-order chi connectivity index (χ0) is 10.6. The molecule has 0 radical (unpaired) electrons. The van der Waals surface area contributed by atoms with E-state index in [2.05, 4.69) is 18.3 Å². The first-order chi connectivity index (χ1) is 6.65. The third kappa shape index (κ3) is 2.89. The Bertz CT molecular complexity index is 287. The summed E-state index contributed by atoms with van der Waals surface area (Å²) in [5.74, 6) is 0. The summed E-state index contributed by atoms with van der Waals surface area (Å²) in [6.45, 7) is 5.68. The second-order valence-corrected chi connectivity index (χ2v) is 3.91. The van der Waals surface area contributed by atoms with Gasteiger partial charge in [-0.3, -0.25) is 0 Å². The van der Waals surface area contributed by atoms with Crippen molar-refractivity contribution in [2.24, 2.45) is 5.73 Å². The molecule has 0 aromatic heterocycles. The summed E-state index contributed by atoms with van der Waals surface area (Å²) in [4.78, 5) is 0. The molecule has 0 unspecified atom stereocenters. The topological polar surface area (TPSA) is 38.0 Å². The molecule has 14 heavy (non-hydrogen) atoms. The first-order valence-electron chi connectivity index (χ1n) is 4.86. The Morgan fingerprint density at radius 1 is 1.36 bits per heavy atom. The molecule has 0 heterocycles. The van der Waals surface area contributed by atoms with Gasteiger partial charge in [-0.25, -0.2) is 0 Å². The first kappa shape index (κ1) is 11.3. The van der Waals surface area contributed by atoms with Crippen LogP contribution in [0.15, 0.2) is 12.1 Å². The van der Waals surface area contributed by atoms with Crippen LogP contribution in [0.25, 0.3) is 0 Å². The quantitative estimate of drug-likeness (QED) is 0.754. The van der Waals surface area contributed by atoms with Crippen LogP contribution in [0.2, 0.25) is 5.02 Å². The van der Waals surface area contributed by atoms with Crippen molar-refractivity contribution in [1.82, 2.24) is 0 Å². The molecule has 78 valence electrons. The summed E-state index contributed by atoms with van der Waals surface area (Å²) in [5, 5.41) is 4.09. The van der Waals surface area contributed by atoms with Gasteiger partial charge in [0, 0.05) is 6.54 Å². The number of hydrogen-bond donors (Lipinski definition) is 2. The normalized spacial score (nSPS) is 10.3. The van der Waals surface area contributed by atoms with Gasteiger partial charge < -0.3 is 11.1 Å². The van der Waals surface area contributed by atoms with Crippen LogP contribution < -0.4 is 11.1 Å². The summed E-state index contributed by atoms with van der Waals surface area (Å²) in [5.41, 5.74) is 8.83. The van der Waals surface area contributed by atoms with Gasteiger partial charge in [0.05, 0.1) is 10.7 Å². The fraction of sp³-hybridized carbons (Fsp3) is 0.455. The SMILES string of the molecule is Cc1cc(C)c(NCCCN)c(Cl)c1. The largest absolute Gasteiger partial charge is 0.384 e. The van der Waals surface area contributed by atoms with Crippen LogP contribution in [0.5, 0.6) is 0 Å². The van der Waals surface area contributed by atoms with Crippen molar-refractivity contribution < 1.29 is 0 Å². The molecular formula is C11H17ClN2. The van der Waals surface area contributed by atoms with Crippen molar-refractivity contribution in [3.05, 3.63) is 28.3 Å². The highest BCUT2D eigenvalue weighted by molar-refractivity contribution is 6.33. The summed E-state index contributed by atoms with van der Waals surface area (Å²) in [6, 6.07) is 4.09. The van der Waals surface area contributed by atoms with E-state index in [0.717, 1.165) is 23.7 Å². The minimum absolute atomic E-state index is 0.704. The van der Waals surface area contributed by atoms with E-state index in [4.69, 9.17) is 17.3 Å². The van der Waals surface area contributed by atoms with Crippen molar-refractivity contribution in [2.45, 2.75) is 20.3 Å². The van der Waals surface area contributed by atoms with Crippen LogP contribution in [0.3, 0.4) is 0 Å². The Labute approximate surface area is 90.4 Å². The molecular weight excluding hydrogens is 196 g/mol. The van der Waals surface area contributed by atoms with Gasteiger partial charge >= 0.3 is 0 Å². The third-order valence-corrected chi connectivity index (χ3v) is 2.41. The maximum absolute atomic E-state index is 6.12. The Morgan fingerprint density at radius 2 is 2.07 bits per heavy atom. The second kappa shape index (κ2) is 5.23. The van der Waals surface area contributed by atoms with E-state index in [1.807, 2.05) is 13.0 Å². The molecule has 0 spiro atoms. The van der Waals surface area contributed by atoms with Gasteiger partial charge in [-0.05, 0) is 44.0 Å². The highest BCUT2D eigenvalue weighted by Crippen LogP contribution is 2.26. The number of hydrogen-bond acceptors (Lipinski definition) is 2. The van der Waals surface area contributed by atoms with E-state index in [0.29, 0.717) is 6.54 Å². The maximum atomic E-state index is 6.12. The number of halogens is 1. The van der Waals surface area contributed by atoms with Gasteiger partial charge in [-0.15, -0.1) is 0 Å². The summed E-state index contributed by atoms with van der Waals surface area (Å²) in [7, 11) is 0. The highest BCUT2D eigenvalue weighted by atomic mass is 35.5. The first-order valence-corrected chi connectivity index (χ1v) is 5.23. The van der Waals surface area contributed by atoms with E-state index < -0.39 is 0 Å². The van der Waals surface area contributed by atoms with Gasteiger partial charge in [0.15, 0.2) is 0 Å². The molecule has 0 atom stereocenters. The molecule has 0 saturated carbocycles. The van der Waals surface area contributed by atoms with Crippen LogP contribution in [-0.4, -0.2) is 13.1 Å². The van der Waals surface area contributed by atoms with Gasteiger partial charge in [0.1, 0.15) is 0 Å². The number of anilines is 1. The molecule has 0 aliphatic rings. The minimum Gasteiger partial charge on any atom is -0.384 e. The molecule has 0 bridgehead atoms. The third-order valence-electron chi connectivity index (χ3n) is 2.11. The van der Waals surface area contributed by atoms with E-state index in [9.17, 15) is 0 Å². The molecule has 3 N–H and O–H groups in total. The lowest BCUT2D eigenvalue weighted by molar-refractivity contribution is 0.873. The lowest BCUT2D eigenvalue weighted by Gasteiger charge is -2.11. The van der Waals surface area contributed by atoms with Crippen molar-refractivity contribution in [3.63, 3.8) is 0 Å². The Hall–Kier alpha value is -0.730. The molecule has 0 fully saturated rings. The average molecular weight is 213 g/mol. The molecule has 2 nitrogen and oxygen atoms in total. The summed E-state index contributed by atoms with van der Waals surface area (Å²) < 4.78 is 0. The number of benzene rings is 1. The monoisotopic (exact) mass is 212 g/mol. The molecule has 1 aromatic carbocycles. The Kier molecular flexibility index (Phi) is 4.23. The highest BCUT2D eigenvalue weighted by Gasteiger charge is 2.03. The predicted molar refractivity (Wildman–Crippen MR) is 63.1 cm³/mol. The number of nitrogens with one attached hydrogen (secondary N) is 1. The second-order valence-electron chi connectivity index (χ2n) is 3.51. The van der Waals surface area contributed by atoms with Crippen LogP contribution in [0.1, 0.15) is 17.5 Å². The predicted octanol–water partition coefficient (Wildman–Crippen LogP) is 2.72. The number of aryl methyl sites for hydroxylation is 2. The minimum atomic E-state index is 0.704. The van der Waals surface area contributed by atoms with Crippen LogP contribution in [0.4, 0.5) is 5.69 Å². The van der Waals surface area contributed by atoms with Crippen molar-refractivity contribution >= 4 is 17.3 Å². The maximum Gasteiger partial charge on any atom is 0.0642 e. The van der Waals surface area contributed by atoms with Crippen molar-refractivity contribution in [2.75, 3.05) is 18.4 Å². The standard InChI is InChI=1S/C11H17ClN2/c1-8-6-9(2)11(10(12)7-8)14-5-3-4-13/h6-7,14H,3-5,13H2,1-2H3. The zero-order valence-corrected chi connectivity index (χ0v) is 9.49. The van der Waals surface area contributed by atoms with E-state index >= 15 is 0 Å². The van der Waals surface area contributed by atoms with Gasteiger partial charge in [-0.1, -0.05) is 17.7 Å². The van der Waals surface area contributed by atoms with Crippen LogP contribution in [-0.2, 0) is 0 Å². The van der Waals surface area contributed by atoms with Gasteiger partial charge in [0.25, 0.3) is 0 Å². The molecule has 0 aliphatic heterocycles. The number of rotatable bonds is 4. The van der Waals surface area contributed by atoms with Crippen molar-refractivity contribution in [3.8, 4) is 0 Å². The summed E-state index contributed by atoms with van der Waals surface area (Å²) in [6.07, 6.45) is 0.962. The smallest absolute Gasteiger partial charge is 0.0642 e. The van der Waals surface area contributed by atoms with E-state index in [1.165, 1.54) is 11.1 Å². The zero-order valence-electron chi connectivity index (χ0n) is 8.73. The molecule has 0 saturated heterocycles. The fourth-order valence-corrected chi connectivity index (χ4v) is 1.84. The average Bonchev–Trinajstić information content (AvgIpc) is 2.09. The lowest BCUT2D eigenvalue weighted by atomic mass is 10.1. The van der Waals surface area contributed by atoms with Gasteiger partial charge in [0.2, 0.25) is 0 Å². The molecule has 0 aliphatic carbocycles. The molecule has 1 rings (SSSR count). The van der Waals surface area contributed by atoms with Crippen LogP contribution >= 0.6 is 11.6 Å². The summed E-state index contributed by atoms with van der Waals surface area (Å²) >= 11 is 6.12. The lowest BCUT2D eigenvalue weighted by Crippen LogP contribution is -2.09. The van der Waals surface area contributed by atoms with E-state index in [-0.39, 0.29) is 0 Å². The van der Waals surface area contributed by atoms with Crippen LogP contribution in [0, 0.1) is 13.8 Å². The van der Waals surface area contributed by atoms with E-state index in [1.54, 1.807) is 0 Å². The Balaban J connectivity index is 2.75. The number of nitrogens with two attached hydrogens (primary N) is 1. The molecule has 0 amide bonds. The fourth-order valence-electron chi connectivity index (χ4n) is 1.46. The van der Waals surface area contributed by atoms with Gasteiger partial charge in [-0.2, -0.15) is 0 Å². The van der Waals surface area contributed by atoms with Crippen molar-refractivity contribution in [1.29, 1.82) is 0 Å². The Morgan fingerprint density at radius 3 is 2.64 bits per heavy atom. The molecule has 1 aromatic rings.